The molecule has 0 aromatic carbocycles. The molecule has 0 heteroatoms. The smallest absolute Gasteiger partial charge is 0.0417 e. The highest BCUT2D eigenvalue weighted by molar-refractivity contribution is 4.69. The maximum Gasteiger partial charge on any atom is -0.0417 e. The minimum Gasteiger partial charge on any atom is -0.0776 e. The van der Waals surface area contributed by atoms with Crippen LogP contribution in [0.15, 0.2) is 0 Å². The molecule has 0 radical (unpaired) electrons. The maximum atomic E-state index is 2.36. The van der Waals surface area contributed by atoms with Crippen molar-refractivity contribution in [3.63, 3.8) is 0 Å². The van der Waals surface area contributed by atoms with Crippen LogP contribution in [0, 0.1) is 23.7 Å². The van der Waals surface area contributed by atoms with Gasteiger partial charge in [0.2, 0.25) is 0 Å². The molecule has 0 saturated heterocycles. The van der Waals surface area contributed by atoms with Crippen LogP contribution < -0.4 is 0 Å². The van der Waals surface area contributed by atoms with E-state index in [1.54, 1.807) is 0 Å². The lowest BCUT2D eigenvalue weighted by Crippen LogP contribution is -1.95. The molecule has 92 valence electrons. The van der Waals surface area contributed by atoms with E-state index in [9.17, 15) is 0 Å². The van der Waals surface area contributed by atoms with Crippen LogP contribution >= 0.6 is 0 Å². The summed E-state index contributed by atoms with van der Waals surface area (Å²) in [5.74, 6) is 4.06. The van der Waals surface area contributed by atoms with Crippen molar-refractivity contribution < 1.29 is 0 Å². The molecule has 2 aliphatic rings. The Bertz CT molecular complexity index is 116. The highest BCUT2D eigenvalue weighted by Crippen LogP contribution is 2.30. The van der Waals surface area contributed by atoms with Crippen LogP contribution in [0.5, 0.6) is 0 Å². The average molecular weight is 212 g/mol. The summed E-state index contributed by atoms with van der Waals surface area (Å²) in [6.45, 7) is 9.44. The van der Waals surface area contributed by atoms with Crippen molar-refractivity contribution in [3.05, 3.63) is 0 Å². The highest BCUT2D eigenvalue weighted by Gasteiger charge is 2.18. The fraction of sp³-hybridized carbons (Fsp3) is 1.00. The Kier molecular flexibility index (Phi) is 7.30. The molecule has 4 atom stereocenters. The Labute approximate surface area is 97.8 Å². The first kappa shape index (κ1) is 15.0. The molecule has 0 heterocycles. The average Bonchev–Trinajstić information content (AvgIpc) is 2.67. The zero-order valence-corrected chi connectivity index (χ0v) is 10.6. The Hall–Kier alpha value is 0. The summed E-state index contributed by atoms with van der Waals surface area (Å²) in [4.78, 5) is 0. The number of rotatable bonds is 0. The van der Waals surface area contributed by atoms with E-state index in [0.717, 1.165) is 23.7 Å². The predicted molar refractivity (Wildman–Crippen MR) is 71.1 cm³/mol. The first-order valence-corrected chi connectivity index (χ1v) is 6.61. The van der Waals surface area contributed by atoms with Crippen molar-refractivity contribution in [3.8, 4) is 0 Å². The minimum atomic E-state index is 0. The Balaban J connectivity index is 0.000000245. The van der Waals surface area contributed by atoms with Crippen LogP contribution in [0.3, 0.4) is 0 Å². The molecule has 0 amide bonds. The zero-order chi connectivity index (χ0) is 10.6. The summed E-state index contributed by atoms with van der Waals surface area (Å²) < 4.78 is 0. The van der Waals surface area contributed by atoms with Crippen molar-refractivity contribution >= 4 is 0 Å². The first-order chi connectivity index (χ1) is 6.61. The van der Waals surface area contributed by atoms with Gasteiger partial charge in [-0.3, -0.25) is 0 Å². The first-order valence-electron chi connectivity index (χ1n) is 6.61. The Morgan fingerprint density at radius 2 is 0.733 bits per heavy atom. The fourth-order valence-electron chi connectivity index (χ4n) is 2.66. The van der Waals surface area contributed by atoms with Gasteiger partial charge >= 0.3 is 0 Å². The molecule has 4 unspecified atom stereocenters. The maximum absolute atomic E-state index is 2.36. The van der Waals surface area contributed by atoms with Crippen molar-refractivity contribution in [1.29, 1.82) is 0 Å². The molecule has 0 nitrogen and oxygen atoms in total. The van der Waals surface area contributed by atoms with Crippen molar-refractivity contribution in [2.45, 2.75) is 73.6 Å². The molecular weight excluding hydrogens is 180 g/mol. The van der Waals surface area contributed by atoms with E-state index >= 15 is 0 Å². The van der Waals surface area contributed by atoms with E-state index in [-0.39, 0.29) is 7.43 Å². The van der Waals surface area contributed by atoms with Gasteiger partial charge in [0.25, 0.3) is 0 Å². The van der Waals surface area contributed by atoms with Gasteiger partial charge in [-0.25, -0.2) is 0 Å². The van der Waals surface area contributed by atoms with E-state index in [1.807, 2.05) is 0 Å². The lowest BCUT2D eigenvalue weighted by molar-refractivity contribution is 0.457. The van der Waals surface area contributed by atoms with Crippen LogP contribution in [0.4, 0.5) is 0 Å². The van der Waals surface area contributed by atoms with Gasteiger partial charge in [0.15, 0.2) is 0 Å². The monoisotopic (exact) mass is 212 g/mol. The minimum absolute atomic E-state index is 0. The van der Waals surface area contributed by atoms with E-state index < -0.39 is 0 Å². The normalized spacial score (nSPS) is 39.2. The van der Waals surface area contributed by atoms with Crippen LogP contribution in [0.1, 0.15) is 73.6 Å². The third-order valence-electron chi connectivity index (χ3n) is 4.58. The molecule has 0 bridgehead atoms. The summed E-state index contributed by atoms with van der Waals surface area (Å²) in [6.07, 6.45) is 8.84. The Morgan fingerprint density at radius 1 is 0.533 bits per heavy atom. The van der Waals surface area contributed by atoms with E-state index in [1.165, 1.54) is 38.5 Å². The number of hydrogen-bond acceptors (Lipinski definition) is 0. The highest BCUT2D eigenvalue weighted by atomic mass is 14.2. The topological polar surface area (TPSA) is 0 Å². The molecular formula is C15H32. The van der Waals surface area contributed by atoms with Crippen molar-refractivity contribution in [2.24, 2.45) is 23.7 Å². The summed E-state index contributed by atoms with van der Waals surface area (Å²) in [5, 5.41) is 0. The lowest BCUT2D eigenvalue weighted by atomic mass is 10.0. The van der Waals surface area contributed by atoms with Gasteiger partial charge in [0, 0.05) is 0 Å². The molecule has 2 fully saturated rings. The van der Waals surface area contributed by atoms with Gasteiger partial charge in [-0.1, -0.05) is 73.6 Å². The molecule has 0 aromatic rings. The zero-order valence-electron chi connectivity index (χ0n) is 10.6. The predicted octanol–water partition coefficient (Wildman–Crippen LogP) is 5.52. The molecule has 15 heavy (non-hydrogen) atoms. The van der Waals surface area contributed by atoms with Crippen LogP contribution in [0.2, 0.25) is 0 Å². The molecule has 0 aromatic heterocycles. The van der Waals surface area contributed by atoms with E-state index in [4.69, 9.17) is 0 Å². The Morgan fingerprint density at radius 3 is 0.800 bits per heavy atom. The van der Waals surface area contributed by atoms with E-state index in [0.29, 0.717) is 0 Å². The summed E-state index contributed by atoms with van der Waals surface area (Å²) in [5.41, 5.74) is 0. The largest absolute Gasteiger partial charge is 0.0776 e. The third-order valence-corrected chi connectivity index (χ3v) is 4.58. The second-order valence-corrected chi connectivity index (χ2v) is 5.77. The quantitative estimate of drug-likeness (QED) is 0.496. The SMILES string of the molecule is C.CC1CCCC1C.CC1CCCC1C. The standard InChI is InChI=1S/2C7H14.CH4/c2*1-6-4-3-5-7(6)2;/h2*6-7H,3-5H2,1-2H3;1H4. The molecule has 0 spiro atoms. The molecule has 0 N–H and O–H groups in total. The van der Waals surface area contributed by atoms with Crippen LogP contribution in [-0.2, 0) is 0 Å². The second-order valence-electron chi connectivity index (χ2n) is 5.77. The third kappa shape index (κ3) is 5.04. The summed E-state index contributed by atoms with van der Waals surface area (Å²) in [6, 6.07) is 0. The fourth-order valence-corrected chi connectivity index (χ4v) is 2.66. The molecule has 0 aliphatic heterocycles. The molecule has 2 saturated carbocycles. The van der Waals surface area contributed by atoms with E-state index in [2.05, 4.69) is 27.7 Å². The van der Waals surface area contributed by atoms with Gasteiger partial charge in [-0.05, 0) is 23.7 Å². The van der Waals surface area contributed by atoms with Gasteiger partial charge in [-0.2, -0.15) is 0 Å². The summed E-state index contributed by atoms with van der Waals surface area (Å²) >= 11 is 0. The van der Waals surface area contributed by atoms with Crippen molar-refractivity contribution in [2.75, 3.05) is 0 Å². The number of hydrogen-bond donors (Lipinski definition) is 0. The lowest BCUT2D eigenvalue weighted by Gasteiger charge is -2.05. The second kappa shape index (κ2) is 7.30. The van der Waals surface area contributed by atoms with Gasteiger partial charge < -0.3 is 0 Å². The summed E-state index contributed by atoms with van der Waals surface area (Å²) in [7, 11) is 0. The van der Waals surface area contributed by atoms with Gasteiger partial charge in [-0.15, -0.1) is 0 Å². The van der Waals surface area contributed by atoms with Crippen molar-refractivity contribution in [1.82, 2.24) is 0 Å². The van der Waals surface area contributed by atoms with Crippen LogP contribution in [-0.4, -0.2) is 0 Å². The van der Waals surface area contributed by atoms with Crippen LogP contribution in [0.25, 0.3) is 0 Å². The molecule has 2 aliphatic carbocycles. The molecule has 2 rings (SSSR count). The van der Waals surface area contributed by atoms with Gasteiger partial charge in [0.1, 0.15) is 0 Å². The van der Waals surface area contributed by atoms with Gasteiger partial charge in [0.05, 0.1) is 0 Å².